The fourth-order valence-corrected chi connectivity index (χ4v) is 3.03. The highest BCUT2D eigenvalue weighted by molar-refractivity contribution is 9.10. The van der Waals surface area contributed by atoms with Crippen molar-refractivity contribution in [2.45, 2.75) is 12.6 Å². The Morgan fingerprint density at radius 3 is 2.96 bits per heavy atom. The highest BCUT2D eigenvalue weighted by Crippen LogP contribution is 2.12. The molecule has 3 rings (SSSR count). The molecule has 0 spiro atoms. The van der Waals surface area contributed by atoms with Crippen LogP contribution in [0.1, 0.15) is 16.1 Å². The van der Waals surface area contributed by atoms with Crippen LogP contribution in [0.3, 0.4) is 0 Å². The second-order valence-corrected chi connectivity index (χ2v) is 6.57. The summed E-state index contributed by atoms with van der Waals surface area (Å²) in [6.07, 6.45) is 1.77. The predicted molar refractivity (Wildman–Crippen MR) is 92.3 cm³/mol. The zero-order chi connectivity index (χ0) is 16.1. The highest BCUT2D eigenvalue weighted by Gasteiger charge is 2.21. The number of ether oxygens (including phenoxy) is 1. The number of morpholine rings is 1. The van der Waals surface area contributed by atoms with Gasteiger partial charge in [-0.05, 0) is 27.6 Å². The van der Waals surface area contributed by atoms with E-state index in [9.17, 15) is 4.79 Å². The first kappa shape index (κ1) is 16.2. The van der Waals surface area contributed by atoms with Gasteiger partial charge in [0, 0.05) is 36.8 Å². The van der Waals surface area contributed by atoms with Crippen molar-refractivity contribution < 1.29 is 9.53 Å². The van der Waals surface area contributed by atoms with Crippen molar-refractivity contribution in [3.63, 3.8) is 0 Å². The number of hydrogen-bond acceptors (Lipinski definition) is 3. The molecule has 1 saturated heterocycles. The van der Waals surface area contributed by atoms with Crippen molar-refractivity contribution in [2.24, 2.45) is 0 Å². The molecule has 0 aliphatic carbocycles. The summed E-state index contributed by atoms with van der Waals surface area (Å²) in [4.78, 5) is 17.3. The van der Waals surface area contributed by atoms with E-state index in [0.717, 1.165) is 24.1 Å². The molecule has 0 bridgehead atoms. The van der Waals surface area contributed by atoms with E-state index in [2.05, 4.69) is 55.4 Å². The molecule has 6 heteroatoms. The highest BCUT2D eigenvalue weighted by atomic mass is 79.9. The number of nitrogens with zero attached hydrogens (tertiary/aromatic N) is 1. The molecule has 1 amide bonds. The number of aromatic nitrogens is 1. The van der Waals surface area contributed by atoms with Crippen molar-refractivity contribution in [3.8, 4) is 0 Å². The largest absolute Gasteiger partial charge is 0.374 e. The number of aromatic amines is 1. The van der Waals surface area contributed by atoms with Gasteiger partial charge in [-0.15, -0.1) is 0 Å². The molecule has 1 aliphatic heterocycles. The van der Waals surface area contributed by atoms with E-state index in [1.54, 1.807) is 12.3 Å². The molecule has 1 aromatic carbocycles. The van der Waals surface area contributed by atoms with E-state index in [-0.39, 0.29) is 12.0 Å². The van der Waals surface area contributed by atoms with Gasteiger partial charge in [-0.1, -0.05) is 30.3 Å². The summed E-state index contributed by atoms with van der Waals surface area (Å²) < 4.78 is 6.63. The van der Waals surface area contributed by atoms with E-state index >= 15 is 0 Å². The maximum absolute atomic E-state index is 12.0. The first-order valence-electron chi connectivity index (χ1n) is 7.71. The van der Waals surface area contributed by atoms with Gasteiger partial charge in [-0.25, -0.2) is 0 Å². The Bertz CT molecular complexity index is 644. The van der Waals surface area contributed by atoms with Gasteiger partial charge < -0.3 is 15.0 Å². The van der Waals surface area contributed by atoms with Gasteiger partial charge in [0.1, 0.15) is 5.69 Å². The van der Waals surface area contributed by atoms with Gasteiger partial charge in [0.15, 0.2) is 0 Å². The summed E-state index contributed by atoms with van der Waals surface area (Å²) in [5, 5.41) is 2.92. The Morgan fingerprint density at radius 2 is 2.22 bits per heavy atom. The summed E-state index contributed by atoms with van der Waals surface area (Å²) in [5.74, 6) is -0.112. The lowest BCUT2D eigenvalue weighted by Gasteiger charge is -2.33. The summed E-state index contributed by atoms with van der Waals surface area (Å²) in [6.45, 7) is 3.87. The number of nitrogens with one attached hydrogen (secondary N) is 2. The topological polar surface area (TPSA) is 57.4 Å². The molecule has 1 aromatic heterocycles. The molecule has 2 heterocycles. The van der Waals surface area contributed by atoms with Crippen LogP contribution in [0.5, 0.6) is 0 Å². The van der Waals surface area contributed by atoms with E-state index in [4.69, 9.17) is 4.74 Å². The number of benzene rings is 1. The zero-order valence-electron chi connectivity index (χ0n) is 12.8. The standard InChI is InChI=1S/C17H20BrN3O2/c18-14-8-16(19-9-14)17(22)20-10-15-12-21(6-7-23-15)11-13-4-2-1-3-5-13/h1-5,8-9,15,19H,6-7,10-12H2,(H,20,22). The Kier molecular flexibility index (Phi) is 5.48. The number of carbonyl (C=O) groups is 1. The number of rotatable bonds is 5. The van der Waals surface area contributed by atoms with E-state index in [0.29, 0.717) is 18.8 Å². The van der Waals surface area contributed by atoms with Crippen molar-refractivity contribution in [3.05, 3.63) is 58.3 Å². The van der Waals surface area contributed by atoms with Crippen LogP contribution in [-0.2, 0) is 11.3 Å². The number of H-pyrrole nitrogens is 1. The maximum Gasteiger partial charge on any atom is 0.267 e. The molecule has 1 fully saturated rings. The lowest BCUT2D eigenvalue weighted by atomic mass is 10.2. The fourth-order valence-electron chi connectivity index (χ4n) is 2.69. The van der Waals surface area contributed by atoms with Crippen LogP contribution < -0.4 is 5.32 Å². The summed E-state index contributed by atoms with van der Waals surface area (Å²) >= 11 is 3.32. The minimum atomic E-state index is -0.112. The molecule has 0 saturated carbocycles. The van der Waals surface area contributed by atoms with Gasteiger partial charge in [-0.2, -0.15) is 0 Å². The maximum atomic E-state index is 12.0. The smallest absolute Gasteiger partial charge is 0.267 e. The van der Waals surface area contributed by atoms with Crippen molar-refractivity contribution in [2.75, 3.05) is 26.2 Å². The Balaban J connectivity index is 1.48. The molecule has 23 heavy (non-hydrogen) atoms. The van der Waals surface area contributed by atoms with Crippen LogP contribution in [0.2, 0.25) is 0 Å². The average molecular weight is 378 g/mol. The molecule has 2 aromatic rings. The van der Waals surface area contributed by atoms with Gasteiger partial charge in [0.25, 0.3) is 5.91 Å². The minimum Gasteiger partial charge on any atom is -0.374 e. The fraction of sp³-hybridized carbons (Fsp3) is 0.353. The first-order chi connectivity index (χ1) is 11.2. The first-order valence-corrected chi connectivity index (χ1v) is 8.50. The summed E-state index contributed by atoms with van der Waals surface area (Å²) in [6, 6.07) is 12.2. The lowest BCUT2D eigenvalue weighted by molar-refractivity contribution is -0.0292. The number of carbonyl (C=O) groups excluding carboxylic acids is 1. The summed E-state index contributed by atoms with van der Waals surface area (Å²) in [7, 11) is 0. The van der Waals surface area contributed by atoms with E-state index in [1.807, 2.05) is 6.07 Å². The molecule has 5 nitrogen and oxygen atoms in total. The SMILES string of the molecule is O=C(NCC1CN(Cc2ccccc2)CCO1)c1cc(Br)c[nH]1. The zero-order valence-corrected chi connectivity index (χ0v) is 14.4. The minimum absolute atomic E-state index is 0.0230. The quantitative estimate of drug-likeness (QED) is 0.840. The molecule has 1 aliphatic rings. The molecular formula is C17H20BrN3O2. The monoisotopic (exact) mass is 377 g/mol. The van der Waals surface area contributed by atoms with Crippen molar-refractivity contribution in [1.29, 1.82) is 0 Å². The van der Waals surface area contributed by atoms with E-state index in [1.165, 1.54) is 5.56 Å². The van der Waals surface area contributed by atoms with Gasteiger partial charge in [0.2, 0.25) is 0 Å². The van der Waals surface area contributed by atoms with Crippen LogP contribution in [0.25, 0.3) is 0 Å². The van der Waals surface area contributed by atoms with Crippen LogP contribution in [0, 0.1) is 0 Å². The Labute approximate surface area is 144 Å². The van der Waals surface area contributed by atoms with Crippen molar-refractivity contribution >= 4 is 21.8 Å². The molecule has 2 N–H and O–H groups in total. The predicted octanol–water partition coefficient (Wildman–Crippen LogP) is 2.41. The van der Waals surface area contributed by atoms with Crippen LogP contribution in [0.4, 0.5) is 0 Å². The second-order valence-electron chi connectivity index (χ2n) is 5.66. The van der Waals surface area contributed by atoms with Gasteiger partial charge in [-0.3, -0.25) is 9.69 Å². The average Bonchev–Trinajstić information content (AvgIpc) is 3.01. The van der Waals surface area contributed by atoms with E-state index < -0.39 is 0 Å². The number of amides is 1. The van der Waals surface area contributed by atoms with Gasteiger partial charge in [0.05, 0.1) is 12.7 Å². The molecule has 0 radical (unpaired) electrons. The molecule has 122 valence electrons. The second kappa shape index (κ2) is 7.77. The molecule has 1 unspecified atom stereocenters. The molecular weight excluding hydrogens is 358 g/mol. The number of halogens is 1. The third kappa shape index (κ3) is 4.67. The summed E-state index contributed by atoms with van der Waals surface area (Å²) in [5.41, 5.74) is 1.85. The third-order valence-electron chi connectivity index (χ3n) is 3.85. The Morgan fingerprint density at radius 1 is 1.39 bits per heavy atom. The lowest BCUT2D eigenvalue weighted by Crippen LogP contribution is -2.47. The van der Waals surface area contributed by atoms with Crippen molar-refractivity contribution in [1.82, 2.24) is 15.2 Å². The Hall–Kier alpha value is -1.63. The van der Waals surface area contributed by atoms with Crippen LogP contribution in [0.15, 0.2) is 47.1 Å². The number of hydrogen-bond donors (Lipinski definition) is 2. The molecule has 1 atom stereocenters. The normalized spacial score (nSPS) is 18.7. The van der Waals surface area contributed by atoms with Gasteiger partial charge >= 0.3 is 0 Å². The van der Waals surface area contributed by atoms with Crippen LogP contribution in [-0.4, -0.2) is 48.1 Å². The third-order valence-corrected chi connectivity index (χ3v) is 4.31. The van der Waals surface area contributed by atoms with Crippen LogP contribution >= 0.6 is 15.9 Å².